The Labute approximate surface area is 230 Å². The van der Waals surface area contributed by atoms with Gasteiger partial charge in [-0.25, -0.2) is 4.79 Å². The van der Waals surface area contributed by atoms with Crippen molar-refractivity contribution in [2.45, 2.75) is 37.7 Å². The van der Waals surface area contributed by atoms with E-state index in [4.69, 9.17) is 25.7 Å². The average molecular weight is 587 g/mol. The van der Waals surface area contributed by atoms with Gasteiger partial charge in [0.05, 0.1) is 12.2 Å². The number of carbonyl (C=O) groups is 1. The van der Waals surface area contributed by atoms with Crippen molar-refractivity contribution in [1.82, 2.24) is 0 Å². The lowest BCUT2D eigenvalue weighted by atomic mass is 10.2. The van der Waals surface area contributed by atoms with Gasteiger partial charge in [0.25, 0.3) is 0 Å². The number of halogens is 7. The second-order valence-electron chi connectivity index (χ2n) is 8.82. The first-order valence-electron chi connectivity index (χ1n) is 12.0. The van der Waals surface area contributed by atoms with Crippen molar-refractivity contribution < 1.29 is 49.7 Å². The molecule has 0 fully saturated rings. The molecular weight excluding hydrogens is 561 g/mol. The zero-order valence-electron chi connectivity index (χ0n) is 21.3. The van der Waals surface area contributed by atoms with Crippen LogP contribution < -0.4 is 20.9 Å². The van der Waals surface area contributed by atoms with E-state index in [-0.39, 0.29) is 18.1 Å². The molecule has 4 N–H and O–H groups in total. The molecule has 0 atom stereocenters. The Morgan fingerprint density at radius 2 is 1.39 bits per heavy atom. The summed E-state index contributed by atoms with van der Waals surface area (Å²) in [5.74, 6) is -5.66. The Bertz CT molecular complexity index is 1320. The van der Waals surface area contributed by atoms with Gasteiger partial charge in [0, 0.05) is 23.9 Å². The lowest BCUT2D eigenvalue weighted by Gasteiger charge is -2.20. The van der Waals surface area contributed by atoms with Gasteiger partial charge >= 0.3 is 24.2 Å². The molecular formula is C28H25F7N2O4. The highest BCUT2D eigenvalue weighted by molar-refractivity contribution is 5.87. The molecule has 0 amide bonds. The van der Waals surface area contributed by atoms with Gasteiger partial charge in [-0.1, -0.05) is 12.1 Å². The molecule has 41 heavy (non-hydrogen) atoms. The highest BCUT2D eigenvalue weighted by atomic mass is 19.4. The van der Waals surface area contributed by atoms with Gasteiger partial charge in [-0.15, -0.1) is 0 Å². The van der Waals surface area contributed by atoms with E-state index >= 15 is 0 Å². The minimum Gasteiger partial charge on any atom is -0.494 e. The Balaban J connectivity index is 1.48. The van der Waals surface area contributed by atoms with Crippen LogP contribution in [0.25, 0.3) is 6.08 Å². The lowest BCUT2D eigenvalue weighted by molar-refractivity contribution is -0.284. The SMILES string of the molecule is Nc1cc(N)cc(COC(=O)/C=C/c2ccc(OC(F)(F)c3ccc(OCCCC(F)(F)C(F)(F)F)cc3)cc2)c1. The van der Waals surface area contributed by atoms with Gasteiger partial charge in [0.2, 0.25) is 0 Å². The van der Waals surface area contributed by atoms with E-state index in [1.54, 1.807) is 18.2 Å². The van der Waals surface area contributed by atoms with Gasteiger partial charge in [0.15, 0.2) is 0 Å². The summed E-state index contributed by atoms with van der Waals surface area (Å²) in [6.45, 7) is -0.512. The van der Waals surface area contributed by atoms with Crippen molar-refractivity contribution in [2.75, 3.05) is 18.1 Å². The van der Waals surface area contributed by atoms with Crippen LogP contribution in [-0.2, 0) is 22.2 Å². The molecule has 13 heteroatoms. The van der Waals surface area contributed by atoms with Crippen molar-refractivity contribution >= 4 is 23.4 Å². The van der Waals surface area contributed by atoms with Crippen LogP contribution in [-0.4, -0.2) is 24.7 Å². The van der Waals surface area contributed by atoms with Gasteiger partial charge in [-0.3, -0.25) is 0 Å². The number of rotatable bonds is 12. The molecule has 0 aliphatic rings. The van der Waals surface area contributed by atoms with E-state index in [0.29, 0.717) is 22.5 Å². The zero-order chi connectivity index (χ0) is 30.3. The molecule has 3 aromatic rings. The highest BCUT2D eigenvalue weighted by Crippen LogP contribution is 2.39. The van der Waals surface area contributed by atoms with E-state index in [0.717, 1.165) is 30.3 Å². The smallest absolute Gasteiger partial charge is 0.453 e. The monoisotopic (exact) mass is 586 g/mol. The topological polar surface area (TPSA) is 96.8 Å². The van der Waals surface area contributed by atoms with Gasteiger partial charge in [-0.2, -0.15) is 30.7 Å². The lowest BCUT2D eigenvalue weighted by Crippen LogP contribution is -2.36. The number of nitrogen functional groups attached to an aromatic ring is 2. The second kappa shape index (κ2) is 12.8. The summed E-state index contributed by atoms with van der Waals surface area (Å²) in [7, 11) is 0. The number of nitrogens with two attached hydrogens (primary N) is 2. The molecule has 0 bridgehead atoms. The summed E-state index contributed by atoms with van der Waals surface area (Å²) in [6, 6.07) is 14.4. The fourth-order valence-electron chi connectivity index (χ4n) is 3.42. The molecule has 0 aliphatic heterocycles. The van der Waals surface area contributed by atoms with Crippen LogP contribution in [0.4, 0.5) is 42.1 Å². The Morgan fingerprint density at radius 1 is 0.805 bits per heavy atom. The Kier molecular flexibility index (Phi) is 9.74. The molecule has 0 heterocycles. The number of carbonyl (C=O) groups excluding carboxylic acids is 1. The molecule has 0 saturated carbocycles. The largest absolute Gasteiger partial charge is 0.494 e. The maximum atomic E-state index is 14.6. The summed E-state index contributed by atoms with van der Waals surface area (Å²) in [5, 5.41) is 0. The molecule has 3 aromatic carbocycles. The van der Waals surface area contributed by atoms with E-state index < -0.39 is 49.2 Å². The first kappa shape index (κ1) is 31.1. The Hall–Kier alpha value is -4.42. The maximum Gasteiger partial charge on any atom is 0.453 e. The van der Waals surface area contributed by atoms with Gasteiger partial charge < -0.3 is 25.7 Å². The summed E-state index contributed by atoms with van der Waals surface area (Å²) in [5.41, 5.74) is 12.8. The third kappa shape index (κ3) is 9.33. The van der Waals surface area contributed by atoms with E-state index in [9.17, 15) is 35.5 Å². The fourth-order valence-corrected chi connectivity index (χ4v) is 3.42. The van der Waals surface area contributed by atoms with Crippen molar-refractivity contribution in [3.05, 3.63) is 89.5 Å². The third-order valence-corrected chi connectivity index (χ3v) is 5.47. The maximum absolute atomic E-state index is 14.6. The van der Waals surface area contributed by atoms with E-state index in [1.165, 1.54) is 30.3 Å². The minimum atomic E-state index is -5.65. The molecule has 220 valence electrons. The van der Waals surface area contributed by atoms with Crippen molar-refractivity contribution in [3.8, 4) is 11.5 Å². The van der Waals surface area contributed by atoms with Crippen molar-refractivity contribution in [3.63, 3.8) is 0 Å². The number of hydrogen-bond acceptors (Lipinski definition) is 6. The van der Waals surface area contributed by atoms with E-state index in [2.05, 4.69) is 0 Å². The van der Waals surface area contributed by atoms with Crippen molar-refractivity contribution in [1.29, 1.82) is 0 Å². The number of alkyl halides is 7. The summed E-state index contributed by atoms with van der Waals surface area (Å²) in [4.78, 5) is 12.0. The first-order valence-corrected chi connectivity index (χ1v) is 12.0. The average Bonchev–Trinajstić information content (AvgIpc) is 2.88. The van der Waals surface area contributed by atoms with E-state index in [1.807, 2.05) is 0 Å². The number of benzene rings is 3. The molecule has 0 radical (unpaired) electrons. The van der Waals surface area contributed by atoms with Gasteiger partial charge in [-0.05, 0) is 78.2 Å². The highest BCUT2D eigenvalue weighted by Gasteiger charge is 2.56. The van der Waals surface area contributed by atoms with Crippen molar-refractivity contribution in [2.24, 2.45) is 0 Å². The second-order valence-corrected chi connectivity index (χ2v) is 8.82. The normalized spacial score (nSPS) is 12.4. The molecule has 0 spiro atoms. The van der Waals surface area contributed by atoms with Crippen LogP contribution in [0.1, 0.15) is 29.5 Å². The Morgan fingerprint density at radius 3 is 1.98 bits per heavy atom. The van der Waals surface area contributed by atoms with Gasteiger partial charge in [0.1, 0.15) is 18.1 Å². The number of hydrogen-bond donors (Lipinski definition) is 2. The quantitative estimate of drug-likeness (QED) is 0.0773. The number of anilines is 2. The molecule has 6 nitrogen and oxygen atoms in total. The summed E-state index contributed by atoms with van der Waals surface area (Å²) >= 11 is 0. The van der Waals surface area contributed by atoms with Crippen LogP contribution >= 0.6 is 0 Å². The van der Waals surface area contributed by atoms with Crippen LogP contribution in [0, 0.1) is 0 Å². The third-order valence-electron chi connectivity index (χ3n) is 5.47. The van der Waals surface area contributed by atoms with Crippen LogP contribution in [0.5, 0.6) is 11.5 Å². The molecule has 0 unspecified atom stereocenters. The number of ether oxygens (including phenoxy) is 3. The first-order chi connectivity index (χ1) is 19.1. The molecule has 0 saturated heterocycles. The minimum absolute atomic E-state index is 0.00608. The molecule has 3 rings (SSSR count). The zero-order valence-corrected chi connectivity index (χ0v) is 21.3. The fraction of sp³-hybridized carbons (Fsp3) is 0.250. The van der Waals surface area contributed by atoms with Crippen LogP contribution in [0.3, 0.4) is 0 Å². The van der Waals surface area contributed by atoms with Crippen LogP contribution in [0.15, 0.2) is 72.8 Å². The van der Waals surface area contributed by atoms with Crippen LogP contribution in [0.2, 0.25) is 0 Å². The number of esters is 1. The predicted molar refractivity (Wildman–Crippen MR) is 137 cm³/mol. The summed E-state index contributed by atoms with van der Waals surface area (Å²) < 4.78 is 107. The molecule has 0 aliphatic carbocycles. The molecule has 0 aromatic heterocycles. The summed E-state index contributed by atoms with van der Waals surface area (Å²) in [6.07, 6.45) is -8.90. The predicted octanol–water partition coefficient (Wildman–Crippen LogP) is 7.09. The standard InChI is InChI=1S/C28H25F7N2O4/c29-26(30,28(33,34)35)12-1-13-39-23-9-5-20(6-10-23)27(31,32)41-24-7-2-18(3-8-24)4-11-25(38)40-17-19-14-21(36)16-22(37)15-19/h2-11,14-16H,1,12-13,17,36-37H2/b11-4+.